The summed E-state index contributed by atoms with van der Waals surface area (Å²) < 4.78 is 5.23. The average molecular weight is 397 g/mol. The number of likely N-dealkylation sites (N-methyl/N-ethyl adjacent to an activating group) is 1. The molecule has 0 bridgehead atoms. The monoisotopic (exact) mass is 396 g/mol. The fourth-order valence-electron chi connectivity index (χ4n) is 2.14. The molecule has 1 amide bonds. The molecule has 0 aliphatic carbocycles. The number of rotatable bonds is 8. The minimum Gasteiger partial charge on any atom is -0.443 e. The third-order valence-corrected chi connectivity index (χ3v) is 6.12. The van der Waals surface area contributed by atoms with E-state index in [2.05, 4.69) is 18.0 Å². The van der Waals surface area contributed by atoms with Crippen LogP contribution in [0.5, 0.6) is 0 Å². The maximum Gasteiger partial charge on any atom is 0.409 e. The Morgan fingerprint density at radius 3 is 2.91 bits per heavy atom. The van der Waals surface area contributed by atoms with Crippen molar-refractivity contribution in [3.8, 4) is 0 Å². The Hall–Kier alpha value is -0.300. The number of halogens is 2. The summed E-state index contributed by atoms with van der Waals surface area (Å²) in [5.41, 5.74) is 2.16. The number of thioether (sulfide) groups is 2. The summed E-state index contributed by atoms with van der Waals surface area (Å²) in [5.74, 6) is 3.50. The van der Waals surface area contributed by atoms with E-state index < -0.39 is 0 Å². The van der Waals surface area contributed by atoms with Gasteiger partial charge in [-0.1, -0.05) is 0 Å². The predicted molar refractivity (Wildman–Crippen MR) is 101 cm³/mol. The van der Waals surface area contributed by atoms with Crippen molar-refractivity contribution in [2.45, 2.75) is 30.2 Å². The van der Waals surface area contributed by atoms with Gasteiger partial charge in [0.15, 0.2) is 0 Å². The minimum absolute atomic E-state index is 0. The molecule has 0 radical (unpaired) electrons. The Balaban J connectivity index is 0.00000264. The fraction of sp³-hybridized carbons (Fsp3) is 0.600. The molecule has 0 spiro atoms. The van der Waals surface area contributed by atoms with E-state index in [0.29, 0.717) is 12.4 Å². The van der Waals surface area contributed by atoms with Crippen LogP contribution in [0, 0.1) is 6.92 Å². The van der Waals surface area contributed by atoms with Crippen LogP contribution in [0.15, 0.2) is 17.2 Å². The van der Waals surface area contributed by atoms with Gasteiger partial charge in [0.1, 0.15) is 6.10 Å². The van der Waals surface area contributed by atoms with E-state index in [1.54, 1.807) is 11.9 Å². The van der Waals surface area contributed by atoms with Crippen LogP contribution in [-0.4, -0.2) is 52.9 Å². The molecule has 1 aliphatic heterocycles. The van der Waals surface area contributed by atoms with Crippen molar-refractivity contribution in [3.63, 3.8) is 0 Å². The van der Waals surface area contributed by atoms with E-state index in [9.17, 15) is 4.79 Å². The molecule has 1 aromatic rings. The van der Waals surface area contributed by atoms with Gasteiger partial charge in [0.05, 0.1) is 18.1 Å². The second-order valence-corrected chi connectivity index (χ2v) is 7.73. The molecule has 4 nitrogen and oxygen atoms in total. The second kappa shape index (κ2) is 10.5. The van der Waals surface area contributed by atoms with Crippen molar-refractivity contribution in [3.05, 3.63) is 23.5 Å². The highest BCUT2D eigenvalue weighted by Gasteiger charge is 2.27. The second-order valence-electron chi connectivity index (χ2n) is 5.18. The standard InChI is InChI=1S/C15H21ClN2O2S2.ClH/c1-11-13(8-16)17-5-4-14(11)22-7-3-6-21-10-12-9-18(2)15(19)20-12;/h4-5,12H,3,6-10H2,1-2H3;1H. The maximum atomic E-state index is 11.2. The number of hydrogen-bond donors (Lipinski definition) is 0. The van der Waals surface area contributed by atoms with Crippen LogP contribution in [0.3, 0.4) is 0 Å². The van der Waals surface area contributed by atoms with Gasteiger partial charge in [-0.15, -0.1) is 35.8 Å². The van der Waals surface area contributed by atoms with E-state index in [1.807, 2.05) is 29.7 Å². The highest BCUT2D eigenvalue weighted by Crippen LogP contribution is 2.25. The molecule has 1 fully saturated rings. The number of pyridine rings is 1. The number of hydrogen-bond acceptors (Lipinski definition) is 5. The lowest BCUT2D eigenvalue weighted by molar-refractivity contribution is 0.142. The zero-order valence-electron chi connectivity index (χ0n) is 13.3. The molecule has 23 heavy (non-hydrogen) atoms. The van der Waals surface area contributed by atoms with Crippen molar-refractivity contribution >= 4 is 53.6 Å². The topological polar surface area (TPSA) is 42.4 Å². The lowest BCUT2D eigenvalue weighted by Gasteiger charge is -2.09. The number of ether oxygens (including phenoxy) is 1. The molecule has 2 heterocycles. The van der Waals surface area contributed by atoms with E-state index in [1.165, 1.54) is 10.5 Å². The van der Waals surface area contributed by atoms with Crippen LogP contribution in [0.1, 0.15) is 17.7 Å². The summed E-state index contributed by atoms with van der Waals surface area (Å²) in [6.07, 6.45) is 2.80. The Bertz CT molecular complexity index is 520. The van der Waals surface area contributed by atoms with Crippen LogP contribution >= 0.6 is 47.5 Å². The summed E-state index contributed by atoms with van der Waals surface area (Å²) in [4.78, 5) is 18.4. The van der Waals surface area contributed by atoms with Crippen molar-refractivity contribution < 1.29 is 9.53 Å². The van der Waals surface area contributed by atoms with Crippen LogP contribution < -0.4 is 0 Å². The number of carbonyl (C=O) groups excluding carboxylic acids is 1. The number of cyclic esters (lactones) is 1. The van der Waals surface area contributed by atoms with E-state index in [4.69, 9.17) is 16.3 Å². The zero-order chi connectivity index (χ0) is 15.9. The van der Waals surface area contributed by atoms with Crippen molar-refractivity contribution in [2.75, 3.05) is 30.9 Å². The molecule has 1 atom stereocenters. The third kappa shape index (κ3) is 6.25. The van der Waals surface area contributed by atoms with Crippen LogP contribution in [0.2, 0.25) is 0 Å². The Morgan fingerprint density at radius 2 is 2.26 bits per heavy atom. The summed E-state index contributed by atoms with van der Waals surface area (Å²) >= 11 is 9.58. The first kappa shape index (κ1) is 20.7. The highest BCUT2D eigenvalue weighted by molar-refractivity contribution is 8.00. The molecule has 0 aromatic carbocycles. The number of amides is 1. The third-order valence-electron chi connectivity index (χ3n) is 3.44. The highest BCUT2D eigenvalue weighted by atomic mass is 35.5. The number of nitrogens with zero attached hydrogens (tertiary/aromatic N) is 2. The van der Waals surface area contributed by atoms with E-state index in [-0.39, 0.29) is 24.6 Å². The smallest absolute Gasteiger partial charge is 0.409 e. The number of carbonyl (C=O) groups is 1. The van der Waals surface area contributed by atoms with Gasteiger partial charge in [-0.25, -0.2) is 4.79 Å². The van der Waals surface area contributed by atoms with Crippen molar-refractivity contribution in [2.24, 2.45) is 0 Å². The summed E-state index contributed by atoms with van der Waals surface area (Å²) in [6, 6.07) is 2.05. The van der Waals surface area contributed by atoms with Gasteiger partial charge in [0, 0.05) is 23.9 Å². The molecular weight excluding hydrogens is 375 g/mol. The van der Waals surface area contributed by atoms with Crippen LogP contribution in [0.25, 0.3) is 0 Å². The van der Waals surface area contributed by atoms with Gasteiger partial charge in [0.2, 0.25) is 0 Å². The molecule has 0 saturated carbocycles. The van der Waals surface area contributed by atoms with Gasteiger partial charge >= 0.3 is 6.09 Å². The normalized spacial score (nSPS) is 17.1. The maximum absolute atomic E-state index is 11.2. The Labute approximate surface area is 157 Å². The molecule has 1 aromatic heterocycles. The summed E-state index contributed by atoms with van der Waals surface area (Å²) in [7, 11) is 1.77. The van der Waals surface area contributed by atoms with Gasteiger partial charge < -0.3 is 9.64 Å². The Kier molecular flexibility index (Phi) is 9.51. The number of aromatic nitrogens is 1. The molecule has 1 aliphatic rings. The average Bonchev–Trinajstić information content (AvgIpc) is 2.83. The molecule has 2 rings (SSSR count). The number of alkyl halides is 1. The Morgan fingerprint density at radius 1 is 1.48 bits per heavy atom. The first-order valence-corrected chi connectivity index (χ1v) is 9.92. The largest absolute Gasteiger partial charge is 0.443 e. The summed E-state index contributed by atoms with van der Waals surface area (Å²) in [5, 5.41) is 0. The molecule has 0 N–H and O–H groups in total. The van der Waals surface area contributed by atoms with Crippen molar-refractivity contribution in [1.29, 1.82) is 0 Å². The lowest BCUT2D eigenvalue weighted by atomic mass is 10.2. The molecular formula is C15H22Cl2N2O2S2. The van der Waals surface area contributed by atoms with Gasteiger partial charge in [-0.2, -0.15) is 11.8 Å². The molecule has 8 heteroatoms. The van der Waals surface area contributed by atoms with E-state index >= 15 is 0 Å². The van der Waals surface area contributed by atoms with Crippen LogP contribution in [0.4, 0.5) is 4.79 Å². The molecule has 1 saturated heterocycles. The molecule has 1 unspecified atom stereocenters. The minimum atomic E-state index is -0.204. The first-order chi connectivity index (χ1) is 10.6. The van der Waals surface area contributed by atoms with E-state index in [0.717, 1.165) is 29.4 Å². The predicted octanol–water partition coefficient (Wildman–Crippen LogP) is 4.22. The quantitative estimate of drug-likeness (QED) is 0.373. The summed E-state index contributed by atoms with van der Waals surface area (Å²) in [6.45, 7) is 2.78. The fourth-order valence-corrected chi connectivity index (χ4v) is 4.55. The lowest BCUT2D eigenvalue weighted by Crippen LogP contribution is -2.20. The van der Waals surface area contributed by atoms with Gasteiger partial charge in [0.25, 0.3) is 0 Å². The molecule has 130 valence electrons. The SMILES string of the molecule is Cc1c(SCCCSCC2CN(C)C(=O)O2)ccnc1CCl.Cl. The zero-order valence-corrected chi connectivity index (χ0v) is 16.5. The van der Waals surface area contributed by atoms with Crippen LogP contribution in [-0.2, 0) is 10.6 Å². The first-order valence-electron chi connectivity index (χ1n) is 7.24. The van der Waals surface area contributed by atoms with Gasteiger partial charge in [-0.3, -0.25) is 4.98 Å². The van der Waals surface area contributed by atoms with Crippen molar-refractivity contribution in [1.82, 2.24) is 9.88 Å². The van der Waals surface area contributed by atoms with Gasteiger partial charge in [-0.05, 0) is 36.5 Å².